The number of carbonyl (C=O) groups excluding carboxylic acids is 1. The molecular formula is C26H46O4. The Labute approximate surface area is 184 Å². The lowest BCUT2D eigenvalue weighted by molar-refractivity contribution is -0.204. The summed E-state index contributed by atoms with van der Waals surface area (Å²) in [5, 5.41) is 19.5. The number of carbonyl (C=O) groups is 1. The lowest BCUT2D eigenvalue weighted by Gasteiger charge is -2.20. The first-order valence-corrected chi connectivity index (χ1v) is 12.2. The van der Waals surface area contributed by atoms with E-state index in [2.05, 4.69) is 42.9 Å². The molecule has 2 N–H and O–H groups in total. The van der Waals surface area contributed by atoms with Gasteiger partial charge >= 0.3 is 5.97 Å². The number of unbranched alkanes of at least 4 members (excludes halogenated alkanes) is 3. The third kappa shape index (κ3) is 13.2. The Hall–Kier alpha value is -1.13. The molecule has 1 rings (SSSR count). The number of hydrogen-bond acceptors (Lipinski definition) is 4. The molecule has 174 valence electrons. The Balaban J connectivity index is 2.19. The molecule has 30 heavy (non-hydrogen) atoms. The normalized spacial score (nSPS) is 21.0. The van der Waals surface area contributed by atoms with Gasteiger partial charge in [-0.3, -0.25) is 4.79 Å². The fourth-order valence-electron chi connectivity index (χ4n) is 4.33. The van der Waals surface area contributed by atoms with Crippen LogP contribution < -0.4 is 0 Å². The SMILES string of the molecule is CCCCCC(C)CC/C=C/[C@H]1CCC[C@@H]1C/C=C\CCCC(O)(O)COC(C)=O. The van der Waals surface area contributed by atoms with Gasteiger partial charge < -0.3 is 14.9 Å². The second-order valence-corrected chi connectivity index (χ2v) is 9.32. The number of hydrogen-bond donors (Lipinski definition) is 2. The van der Waals surface area contributed by atoms with E-state index in [0.717, 1.165) is 30.6 Å². The fraction of sp³-hybridized carbons (Fsp3) is 0.808. The summed E-state index contributed by atoms with van der Waals surface area (Å²) in [7, 11) is 0. The van der Waals surface area contributed by atoms with Gasteiger partial charge in [-0.05, 0) is 62.7 Å². The molecule has 0 aliphatic heterocycles. The van der Waals surface area contributed by atoms with Gasteiger partial charge in [-0.1, -0.05) is 70.3 Å². The second kappa shape index (κ2) is 15.6. The van der Waals surface area contributed by atoms with Crippen LogP contribution in [0.25, 0.3) is 0 Å². The smallest absolute Gasteiger partial charge is 0.302 e. The van der Waals surface area contributed by atoms with E-state index in [0.29, 0.717) is 6.42 Å². The van der Waals surface area contributed by atoms with Crippen LogP contribution in [-0.2, 0) is 9.53 Å². The highest BCUT2D eigenvalue weighted by atomic mass is 16.6. The Morgan fingerprint density at radius 2 is 1.90 bits per heavy atom. The van der Waals surface area contributed by atoms with Gasteiger partial charge in [0.05, 0.1) is 0 Å². The Kier molecular flexibility index (Phi) is 14.0. The summed E-state index contributed by atoms with van der Waals surface area (Å²) in [5.74, 6) is -0.110. The van der Waals surface area contributed by atoms with Crippen molar-refractivity contribution in [1.29, 1.82) is 0 Å². The molecule has 1 aliphatic carbocycles. The minimum Gasteiger partial charge on any atom is -0.460 e. The molecule has 0 aromatic carbocycles. The molecule has 3 atom stereocenters. The van der Waals surface area contributed by atoms with E-state index in [1.165, 1.54) is 64.7 Å². The minimum atomic E-state index is -1.92. The molecule has 4 nitrogen and oxygen atoms in total. The quantitative estimate of drug-likeness (QED) is 0.132. The molecule has 1 saturated carbocycles. The predicted octanol–water partition coefficient (Wildman–Crippen LogP) is 6.32. The van der Waals surface area contributed by atoms with E-state index < -0.39 is 11.8 Å². The van der Waals surface area contributed by atoms with Crippen molar-refractivity contribution in [3.63, 3.8) is 0 Å². The third-order valence-corrected chi connectivity index (χ3v) is 6.29. The second-order valence-electron chi connectivity index (χ2n) is 9.32. The number of esters is 1. The summed E-state index contributed by atoms with van der Waals surface area (Å²) in [6.45, 7) is 5.56. The predicted molar refractivity (Wildman–Crippen MR) is 124 cm³/mol. The van der Waals surface area contributed by atoms with Crippen LogP contribution in [0, 0.1) is 17.8 Å². The van der Waals surface area contributed by atoms with Crippen molar-refractivity contribution < 1.29 is 19.7 Å². The monoisotopic (exact) mass is 422 g/mol. The van der Waals surface area contributed by atoms with Crippen molar-refractivity contribution in [1.82, 2.24) is 0 Å². The average molecular weight is 423 g/mol. The van der Waals surface area contributed by atoms with E-state index in [-0.39, 0.29) is 13.0 Å². The van der Waals surface area contributed by atoms with Gasteiger partial charge in [0, 0.05) is 13.3 Å². The van der Waals surface area contributed by atoms with Crippen molar-refractivity contribution in [2.24, 2.45) is 17.8 Å². The Bertz CT molecular complexity index is 509. The van der Waals surface area contributed by atoms with Gasteiger partial charge in [0.1, 0.15) is 6.61 Å². The van der Waals surface area contributed by atoms with Gasteiger partial charge in [0.15, 0.2) is 5.79 Å². The molecule has 1 aliphatic rings. The molecular weight excluding hydrogens is 376 g/mol. The lowest BCUT2D eigenvalue weighted by Crippen LogP contribution is -2.34. The van der Waals surface area contributed by atoms with Crippen LogP contribution in [0.5, 0.6) is 0 Å². The summed E-state index contributed by atoms with van der Waals surface area (Å²) in [6.07, 6.45) is 24.0. The van der Waals surface area contributed by atoms with Crippen LogP contribution in [-0.4, -0.2) is 28.6 Å². The van der Waals surface area contributed by atoms with Gasteiger partial charge in [0.2, 0.25) is 0 Å². The molecule has 0 saturated heterocycles. The molecule has 0 aromatic heterocycles. The van der Waals surface area contributed by atoms with E-state index in [4.69, 9.17) is 0 Å². The van der Waals surface area contributed by atoms with Crippen LogP contribution in [0.4, 0.5) is 0 Å². The molecule has 0 bridgehead atoms. The summed E-state index contributed by atoms with van der Waals surface area (Å²) in [4.78, 5) is 10.8. The summed E-state index contributed by atoms with van der Waals surface area (Å²) >= 11 is 0. The van der Waals surface area contributed by atoms with E-state index in [9.17, 15) is 15.0 Å². The standard InChI is InChI=1S/C26H46O4/c1-4-5-8-14-22(2)15-10-11-17-25-19-13-18-24(25)16-9-6-7-12-20-26(28,29)21-30-23(3)27/h6,9,11,17,22,24-25,28-29H,4-5,7-8,10,12-16,18-21H2,1-3H3/b9-6-,17-11+/t22?,24-,25-/m0/s1. The topological polar surface area (TPSA) is 66.8 Å². The third-order valence-electron chi connectivity index (χ3n) is 6.29. The number of ether oxygens (including phenoxy) is 1. The van der Waals surface area contributed by atoms with Gasteiger partial charge in [0.25, 0.3) is 0 Å². The molecule has 0 aromatic rings. The maximum atomic E-state index is 10.8. The zero-order chi connectivity index (χ0) is 22.2. The van der Waals surface area contributed by atoms with Gasteiger partial charge in [-0.15, -0.1) is 0 Å². The highest BCUT2D eigenvalue weighted by Crippen LogP contribution is 2.35. The highest BCUT2D eigenvalue weighted by Gasteiger charge is 2.24. The fourth-order valence-corrected chi connectivity index (χ4v) is 4.33. The molecule has 0 radical (unpaired) electrons. The molecule has 1 unspecified atom stereocenters. The van der Waals surface area contributed by atoms with Crippen LogP contribution in [0.3, 0.4) is 0 Å². The van der Waals surface area contributed by atoms with Crippen molar-refractivity contribution in [3.8, 4) is 0 Å². The number of aliphatic hydroxyl groups is 2. The Morgan fingerprint density at radius 3 is 2.63 bits per heavy atom. The highest BCUT2D eigenvalue weighted by molar-refractivity contribution is 5.65. The molecule has 1 fully saturated rings. The minimum absolute atomic E-state index is 0.205. The first-order chi connectivity index (χ1) is 14.3. The summed E-state index contributed by atoms with van der Waals surface area (Å²) in [6, 6.07) is 0. The number of allylic oxidation sites excluding steroid dienone is 4. The molecule has 0 spiro atoms. The molecule has 4 heteroatoms. The maximum Gasteiger partial charge on any atom is 0.302 e. The van der Waals surface area contributed by atoms with Crippen molar-refractivity contribution in [3.05, 3.63) is 24.3 Å². The maximum absolute atomic E-state index is 10.8. The first-order valence-electron chi connectivity index (χ1n) is 12.2. The van der Waals surface area contributed by atoms with Crippen molar-refractivity contribution in [2.45, 2.75) is 110 Å². The first kappa shape index (κ1) is 26.9. The van der Waals surface area contributed by atoms with E-state index in [1.54, 1.807) is 0 Å². The van der Waals surface area contributed by atoms with Crippen LogP contribution in [0.15, 0.2) is 24.3 Å². The van der Waals surface area contributed by atoms with Gasteiger partial charge in [-0.2, -0.15) is 0 Å². The zero-order valence-corrected chi connectivity index (χ0v) is 19.7. The van der Waals surface area contributed by atoms with Gasteiger partial charge in [-0.25, -0.2) is 0 Å². The summed E-state index contributed by atoms with van der Waals surface area (Å²) < 4.78 is 4.68. The lowest BCUT2D eigenvalue weighted by atomic mass is 9.91. The van der Waals surface area contributed by atoms with E-state index >= 15 is 0 Å². The zero-order valence-electron chi connectivity index (χ0n) is 19.7. The van der Waals surface area contributed by atoms with Crippen LogP contribution in [0.1, 0.15) is 104 Å². The molecule has 0 heterocycles. The largest absolute Gasteiger partial charge is 0.460 e. The number of rotatable bonds is 16. The van der Waals surface area contributed by atoms with Crippen LogP contribution >= 0.6 is 0 Å². The summed E-state index contributed by atoms with van der Waals surface area (Å²) in [5.41, 5.74) is 0. The average Bonchev–Trinajstić information content (AvgIpc) is 3.14. The molecule has 0 amide bonds. The van der Waals surface area contributed by atoms with Crippen LogP contribution in [0.2, 0.25) is 0 Å². The van der Waals surface area contributed by atoms with Crippen molar-refractivity contribution in [2.75, 3.05) is 6.61 Å². The van der Waals surface area contributed by atoms with Crippen molar-refractivity contribution >= 4 is 5.97 Å². The Morgan fingerprint density at radius 1 is 1.10 bits per heavy atom. The van der Waals surface area contributed by atoms with E-state index in [1.807, 2.05) is 0 Å².